The van der Waals surface area contributed by atoms with Crippen LogP contribution in [0.4, 0.5) is 17.1 Å². The van der Waals surface area contributed by atoms with E-state index in [9.17, 15) is 18.0 Å². The van der Waals surface area contributed by atoms with E-state index in [-0.39, 0.29) is 17.6 Å². The van der Waals surface area contributed by atoms with E-state index in [0.29, 0.717) is 30.8 Å². The van der Waals surface area contributed by atoms with Crippen molar-refractivity contribution in [3.8, 4) is 0 Å². The number of rotatable bonds is 7. The number of carbonyl (C=O) groups is 2. The summed E-state index contributed by atoms with van der Waals surface area (Å²) in [7, 11) is -3.37. The number of aryl methyl sites for hydroxylation is 2. The highest BCUT2D eigenvalue weighted by Gasteiger charge is 2.37. The summed E-state index contributed by atoms with van der Waals surface area (Å²) >= 11 is 0. The molecule has 2 N–H and O–H groups in total. The Morgan fingerprint density at radius 3 is 2.37 bits per heavy atom. The van der Waals surface area contributed by atoms with Gasteiger partial charge in [-0.2, -0.15) is 0 Å². The fraction of sp³-hybridized carbons (Fsp3) is 0.364. The molecule has 0 saturated carbocycles. The lowest BCUT2D eigenvalue weighted by molar-refractivity contribution is -0.129. The molecule has 7 nitrogen and oxygen atoms in total. The highest BCUT2D eigenvalue weighted by atomic mass is 32.2. The van der Waals surface area contributed by atoms with Crippen LogP contribution in [-0.4, -0.2) is 32.5 Å². The monoisotopic (exact) mass is 429 g/mol. The average molecular weight is 430 g/mol. The molecule has 1 unspecified atom stereocenters. The third-order valence-electron chi connectivity index (χ3n) is 5.22. The quantitative estimate of drug-likeness (QED) is 0.659. The minimum atomic E-state index is -3.37. The van der Waals surface area contributed by atoms with Crippen LogP contribution >= 0.6 is 0 Å². The molecule has 1 atom stereocenters. The molecule has 2 aromatic carbocycles. The van der Waals surface area contributed by atoms with Crippen molar-refractivity contribution in [3.63, 3.8) is 0 Å². The SMILES string of the molecule is CCCS(=O)(=O)Nc1ccc(NC(=O)C2CCN(c3ccc(C)c(C)c3)C2=O)cc1. The number of hydrogen-bond acceptors (Lipinski definition) is 4. The Bertz CT molecular complexity index is 1050. The zero-order valence-electron chi connectivity index (χ0n) is 17.4. The van der Waals surface area contributed by atoms with Gasteiger partial charge in [-0.25, -0.2) is 8.42 Å². The lowest BCUT2D eigenvalue weighted by atomic mass is 10.1. The molecule has 0 aliphatic carbocycles. The highest BCUT2D eigenvalue weighted by molar-refractivity contribution is 7.92. The van der Waals surface area contributed by atoms with E-state index in [0.717, 1.165) is 16.8 Å². The number of hydrogen-bond donors (Lipinski definition) is 2. The van der Waals surface area contributed by atoms with E-state index in [1.165, 1.54) is 0 Å². The Balaban J connectivity index is 1.63. The summed E-state index contributed by atoms with van der Waals surface area (Å²) in [5.41, 5.74) is 4.00. The molecule has 2 amide bonds. The van der Waals surface area contributed by atoms with Crippen molar-refractivity contribution in [1.82, 2.24) is 0 Å². The second-order valence-corrected chi connectivity index (χ2v) is 9.43. The van der Waals surface area contributed by atoms with Crippen molar-refractivity contribution >= 4 is 38.9 Å². The molecule has 8 heteroatoms. The molecule has 0 spiro atoms. The topological polar surface area (TPSA) is 95.6 Å². The first kappa shape index (κ1) is 21.8. The molecule has 1 aliphatic heterocycles. The van der Waals surface area contributed by atoms with Crippen molar-refractivity contribution in [2.45, 2.75) is 33.6 Å². The number of nitrogens with zero attached hydrogens (tertiary/aromatic N) is 1. The van der Waals surface area contributed by atoms with Crippen molar-refractivity contribution in [2.24, 2.45) is 5.92 Å². The van der Waals surface area contributed by atoms with E-state index in [4.69, 9.17) is 0 Å². The summed E-state index contributed by atoms with van der Waals surface area (Å²) in [6, 6.07) is 12.2. The number of amides is 2. The van der Waals surface area contributed by atoms with Crippen LogP contribution in [0.25, 0.3) is 0 Å². The van der Waals surface area contributed by atoms with E-state index in [2.05, 4.69) is 10.0 Å². The zero-order chi connectivity index (χ0) is 21.9. The van der Waals surface area contributed by atoms with Gasteiger partial charge in [0, 0.05) is 23.6 Å². The van der Waals surface area contributed by atoms with Crippen LogP contribution in [0.15, 0.2) is 42.5 Å². The van der Waals surface area contributed by atoms with Gasteiger partial charge in [0.05, 0.1) is 5.75 Å². The molecule has 1 saturated heterocycles. The van der Waals surface area contributed by atoms with Crippen LogP contribution < -0.4 is 14.9 Å². The van der Waals surface area contributed by atoms with Gasteiger partial charge in [0.2, 0.25) is 21.8 Å². The number of anilines is 3. The maximum Gasteiger partial charge on any atom is 0.239 e. The number of benzene rings is 2. The van der Waals surface area contributed by atoms with Crippen LogP contribution in [0.5, 0.6) is 0 Å². The minimum Gasteiger partial charge on any atom is -0.325 e. The number of nitrogens with one attached hydrogen (secondary N) is 2. The normalized spacial score (nSPS) is 16.6. The summed E-state index contributed by atoms with van der Waals surface area (Å²) < 4.78 is 26.2. The molecule has 0 bridgehead atoms. The molecule has 0 aromatic heterocycles. The van der Waals surface area contributed by atoms with Gasteiger partial charge < -0.3 is 10.2 Å². The molecule has 3 rings (SSSR count). The highest BCUT2D eigenvalue weighted by Crippen LogP contribution is 2.28. The molecule has 1 aliphatic rings. The maximum atomic E-state index is 12.8. The van der Waals surface area contributed by atoms with Crippen molar-refractivity contribution in [3.05, 3.63) is 53.6 Å². The lowest BCUT2D eigenvalue weighted by Crippen LogP contribution is -2.33. The van der Waals surface area contributed by atoms with Crippen LogP contribution in [0.2, 0.25) is 0 Å². The van der Waals surface area contributed by atoms with E-state index in [1.807, 2.05) is 32.0 Å². The van der Waals surface area contributed by atoms with Crippen LogP contribution in [-0.2, 0) is 19.6 Å². The van der Waals surface area contributed by atoms with E-state index < -0.39 is 15.9 Å². The Labute approximate surface area is 177 Å². The first-order valence-electron chi connectivity index (χ1n) is 10.00. The van der Waals surface area contributed by atoms with Gasteiger partial charge in [0.15, 0.2) is 0 Å². The molecule has 1 fully saturated rings. The first-order valence-corrected chi connectivity index (χ1v) is 11.7. The van der Waals surface area contributed by atoms with Gasteiger partial charge in [0.1, 0.15) is 5.92 Å². The Morgan fingerprint density at radius 1 is 1.07 bits per heavy atom. The second-order valence-electron chi connectivity index (χ2n) is 7.59. The first-order chi connectivity index (χ1) is 14.2. The molecule has 2 aromatic rings. The largest absolute Gasteiger partial charge is 0.325 e. The molecule has 1 heterocycles. The molecule has 0 radical (unpaired) electrons. The summed E-state index contributed by atoms with van der Waals surface area (Å²) in [4.78, 5) is 27.1. The summed E-state index contributed by atoms with van der Waals surface area (Å²) in [6.45, 7) is 6.30. The van der Waals surface area contributed by atoms with E-state index in [1.54, 1.807) is 36.1 Å². The van der Waals surface area contributed by atoms with Gasteiger partial charge in [0.25, 0.3) is 0 Å². The Kier molecular flexibility index (Phi) is 6.45. The second kappa shape index (κ2) is 8.87. The minimum absolute atomic E-state index is 0.0479. The summed E-state index contributed by atoms with van der Waals surface area (Å²) in [6.07, 6.45) is 0.977. The summed E-state index contributed by atoms with van der Waals surface area (Å²) in [5, 5.41) is 2.76. The smallest absolute Gasteiger partial charge is 0.239 e. The molecular formula is C22H27N3O4S. The predicted octanol–water partition coefficient (Wildman–Crippen LogP) is 3.45. The van der Waals surface area contributed by atoms with Crippen molar-refractivity contribution < 1.29 is 18.0 Å². The zero-order valence-corrected chi connectivity index (χ0v) is 18.3. The summed E-state index contributed by atoms with van der Waals surface area (Å²) in [5.74, 6) is -1.26. The van der Waals surface area contributed by atoms with Gasteiger partial charge in [-0.15, -0.1) is 0 Å². The lowest BCUT2D eigenvalue weighted by Gasteiger charge is -2.18. The van der Waals surface area contributed by atoms with Gasteiger partial charge in [-0.1, -0.05) is 13.0 Å². The Morgan fingerprint density at radius 2 is 1.73 bits per heavy atom. The fourth-order valence-electron chi connectivity index (χ4n) is 3.42. The molecular weight excluding hydrogens is 402 g/mol. The standard InChI is InChI=1S/C22H27N3O4S/c1-4-13-30(28,29)24-18-8-6-17(7-9-18)23-21(26)20-11-12-25(22(20)27)19-10-5-15(2)16(3)14-19/h5-10,14,20,24H,4,11-13H2,1-3H3,(H,23,26). The van der Waals surface area contributed by atoms with E-state index >= 15 is 0 Å². The predicted molar refractivity (Wildman–Crippen MR) is 119 cm³/mol. The van der Waals surface area contributed by atoms with Gasteiger partial charge in [-0.3, -0.25) is 14.3 Å². The van der Waals surface area contributed by atoms with Crippen molar-refractivity contribution in [2.75, 3.05) is 27.2 Å². The van der Waals surface area contributed by atoms with Crippen LogP contribution in [0, 0.1) is 19.8 Å². The third kappa shape index (κ3) is 4.99. The fourth-order valence-corrected chi connectivity index (χ4v) is 4.56. The van der Waals surface area contributed by atoms with Crippen molar-refractivity contribution in [1.29, 1.82) is 0 Å². The maximum absolute atomic E-state index is 12.8. The Hall–Kier alpha value is -2.87. The molecule has 30 heavy (non-hydrogen) atoms. The third-order valence-corrected chi connectivity index (χ3v) is 6.72. The molecule has 160 valence electrons. The van der Waals surface area contributed by atoms with Crippen LogP contribution in [0.3, 0.4) is 0 Å². The van der Waals surface area contributed by atoms with Crippen LogP contribution in [0.1, 0.15) is 30.9 Å². The van der Waals surface area contributed by atoms with Gasteiger partial charge >= 0.3 is 0 Å². The van der Waals surface area contributed by atoms with Gasteiger partial charge in [-0.05, 0) is 74.2 Å². The average Bonchev–Trinajstić information content (AvgIpc) is 3.07. The number of sulfonamides is 1. The number of carbonyl (C=O) groups excluding carboxylic acids is 2.